The van der Waals surface area contributed by atoms with Gasteiger partial charge in [0.25, 0.3) is 0 Å². The summed E-state index contributed by atoms with van der Waals surface area (Å²) < 4.78 is 92.0. The van der Waals surface area contributed by atoms with Crippen molar-refractivity contribution < 1.29 is 61.1 Å². The number of halogens is 4. The minimum absolute atomic E-state index is 0.0155. The molecule has 8 aliphatic carbocycles. The third kappa shape index (κ3) is 7.25. The summed E-state index contributed by atoms with van der Waals surface area (Å²) in [5.41, 5.74) is -10.4. The van der Waals surface area contributed by atoms with E-state index in [4.69, 9.17) is 18.9 Å². The van der Waals surface area contributed by atoms with Gasteiger partial charge in [0.15, 0.2) is 52.5 Å². The number of hydrogen-bond acceptors (Lipinski definition) is 11. The molecule has 0 bridgehead atoms. The number of ether oxygens (including phenoxy) is 4. The van der Waals surface area contributed by atoms with Crippen LogP contribution in [0.3, 0.4) is 0 Å². The van der Waals surface area contributed by atoms with Crippen molar-refractivity contribution in [2.24, 2.45) is 45.3 Å². The van der Waals surface area contributed by atoms with Crippen LogP contribution in [0.1, 0.15) is 133 Å². The van der Waals surface area contributed by atoms with Gasteiger partial charge in [-0.05, 0) is 106 Å². The van der Waals surface area contributed by atoms with Gasteiger partial charge in [0, 0.05) is 45.6 Å². The molecule has 10 rings (SSSR count). The van der Waals surface area contributed by atoms with Crippen LogP contribution in [-0.2, 0) is 33.3 Å². The van der Waals surface area contributed by atoms with Crippen molar-refractivity contribution in [3.63, 3.8) is 0 Å². The number of nitrogens with one attached hydrogen (secondary N) is 2. The largest absolute Gasteiger partial charge is 0.390 e. The number of aliphatic hydroxyl groups excluding tert-OH is 2. The lowest BCUT2D eigenvalue weighted by molar-refractivity contribution is -0.234. The second-order valence-electron chi connectivity index (χ2n) is 24.7. The van der Waals surface area contributed by atoms with Gasteiger partial charge in [0.2, 0.25) is 0 Å². The fourth-order valence-electron chi connectivity index (χ4n) is 16.7. The summed E-state index contributed by atoms with van der Waals surface area (Å²) in [5, 5.41) is 29.6. The van der Waals surface area contributed by atoms with Gasteiger partial charge in [-0.25, -0.2) is 17.6 Å². The highest BCUT2D eigenvalue weighted by molar-refractivity contribution is 6.01. The summed E-state index contributed by atoms with van der Waals surface area (Å²) >= 11 is 0. The first-order valence-corrected chi connectivity index (χ1v) is 27.0. The van der Waals surface area contributed by atoms with E-state index < -0.39 is 111 Å². The van der Waals surface area contributed by atoms with Crippen molar-refractivity contribution in [3.8, 4) is 0 Å². The second-order valence-corrected chi connectivity index (χ2v) is 24.7. The molecule has 11 nitrogen and oxygen atoms in total. The number of aliphatic hydroxyl groups is 2. The highest BCUT2D eigenvalue weighted by atomic mass is 19.2. The molecule has 0 spiro atoms. The summed E-state index contributed by atoms with van der Waals surface area (Å²) in [5.74, 6) is -3.14. The van der Waals surface area contributed by atoms with E-state index in [0.29, 0.717) is 36.8 Å². The molecule has 2 aliphatic heterocycles. The minimum Gasteiger partial charge on any atom is -0.390 e. The number of carbonyl (C=O) groups excluding carboxylic acids is 3. The Hall–Kier alpha value is -2.89. The lowest BCUT2D eigenvalue weighted by Gasteiger charge is -2.63. The highest BCUT2D eigenvalue weighted by Crippen LogP contribution is 2.74. The van der Waals surface area contributed by atoms with Gasteiger partial charge in [-0.1, -0.05) is 99.1 Å². The van der Waals surface area contributed by atoms with Gasteiger partial charge in [-0.3, -0.25) is 14.4 Å². The van der Waals surface area contributed by atoms with E-state index in [1.54, 1.807) is 32.1 Å². The molecular weight excluding hydrogens is 933 g/mol. The molecule has 6 saturated carbocycles. The predicted octanol–water partition coefficient (Wildman–Crippen LogP) is 8.51. The first kappa shape index (κ1) is 53.9. The van der Waals surface area contributed by atoms with E-state index in [2.05, 4.69) is 17.2 Å². The van der Waals surface area contributed by atoms with E-state index in [9.17, 15) is 24.6 Å². The number of carbonyl (C=O) groups is 3. The van der Waals surface area contributed by atoms with Crippen LogP contribution in [0.5, 0.6) is 0 Å². The Balaban J connectivity index is 0.000000178. The van der Waals surface area contributed by atoms with Gasteiger partial charge >= 0.3 is 0 Å². The second kappa shape index (κ2) is 18.4. The van der Waals surface area contributed by atoms with E-state index in [1.165, 1.54) is 18.2 Å². The number of rotatable bonds is 12. The molecule has 2 heterocycles. The minimum atomic E-state index is -2.19. The van der Waals surface area contributed by atoms with Crippen LogP contribution >= 0.6 is 0 Å². The first-order chi connectivity index (χ1) is 33.7. The van der Waals surface area contributed by atoms with Crippen molar-refractivity contribution in [2.75, 3.05) is 13.1 Å². The molecule has 8 fully saturated rings. The average Bonchev–Trinajstić information content (AvgIpc) is 4.00. The lowest BCUT2D eigenvalue weighted by Crippen LogP contribution is -2.71. The number of Topliss-reactive ketones (excluding diaryl/α,β-unsaturated/α-hetero) is 2. The van der Waals surface area contributed by atoms with Crippen molar-refractivity contribution >= 4 is 17.3 Å². The zero-order valence-corrected chi connectivity index (χ0v) is 44.0. The molecule has 10 aliphatic rings. The third-order valence-corrected chi connectivity index (χ3v) is 20.2. The van der Waals surface area contributed by atoms with E-state index >= 15 is 17.6 Å². The number of allylic oxidation sites excluding steroid dienone is 9. The summed E-state index contributed by atoms with van der Waals surface area (Å²) in [6.07, 6.45) is 4.50. The molecule has 2 saturated heterocycles. The van der Waals surface area contributed by atoms with Gasteiger partial charge in [-0.15, -0.1) is 0 Å². The van der Waals surface area contributed by atoms with Gasteiger partial charge in [0.05, 0.1) is 37.5 Å². The standard InChI is InChI=1S/C29H41F2NO4.C28H39F2NO5/c1-7-8-25-35-24-13-18-19-12-21(30)20-11-17(4)9-10-26(20,5)28(19,31)22(33)14-27(18,6)29(24,36-25)23(34)15-32-16(2)3;1-6-7-24-35-23-12-17-18-11-20(29)19-10-16(32)8-9-25(19,4)27(18,30)21(33)13-26(17,5)28(23,36-24)22(34)14-31-15(2)3/h9-11,16,18-19,21-22,24-25,32-33H,4,7-8,12-15H2,1-3,5-6H3;8-10,15,17-18,20-21,23-24,31,33H,6-7,11-14H2,1-5H3/t18-,19-,21-,22-,24+,25+,26-,27-,28-,29+;17-,18-,20-,21-,23+,24-,25-,26-,27-,28+/m00/s1. The van der Waals surface area contributed by atoms with Crippen molar-refractivity contribution in [1.82, 2.24) is 10.6 Å². The van der Waals surface area contributed by atoms with Crippen LogP contribution < -0.4 is 10.6 Å². The van der Waals surface area contributed by atoms with E-state index in [-0.39, 0.29) is 79.7 Å². The van der Waals surface area contributed by atoms with E-state index in [0.717, 1.165) is 12.8 Å². The monoisotopic (exact) mass is 1010 g/mol. The van der Waals surface area contributed by atoms with Crippen LogP contribution in [0.4, 0.5) is 17.6 Å². The molecule has 4 N–H and O–H groups in total. The Morgan fingerprint density at radius 1 is 0.681 bits per heavy atom. The number of alkyl halides is 4. The third-order valence-electron chi connectivity index (χ3n) is 20.2. The van der Waals surface area contributed by atoms with Crippen molar-refractivity contribution in [3.05, 3.63) is 59.8 Å². The topological polar surface area (TPSA) is 153 Å². The molecular formula is C57H80F4N2O9. The molecule has 72 heavy (non-hydrogen) atoms. The van der Waals surface area contributed by atoms with Crippen LogP contribution in [0, 0.1) is 45.3 Å². The fourth-order valence-corrected chi connectivity index (χ4v) is 16.7. The Morgan fingerprint density at radius 3 is 1.49 bits per heavy atom. The molecule has 0 radical (unpaired) electrons. The summed E-state index contributed by atoms with van der Waals surface area (Å²) in [7, 11) is 0. The van der Waals surface area contributed by atoms with Crippen LogP contribution in [0.2, 0.25) is 0 Å². The maximum absolute atomic E-state index is 17.5. The number of ketones is 3. The van der Waals surface area contributed by atoms with Crippen molar-refractivity contribution in [2.45, 2.75) is 217 Å². The Bertz CT molecular complexity index is 2180. The zero-order chi connectivity index (χ0) is 52.5. The summed E-state index contributed by atoms with van der Waals surface area (Å²) in [6, 6.07) is 0.177. The van der Waals surface area contributed by atoms with Gasteiger partial charge in [0.1, 0.15) is 12.3 Å². The number of hydrogen-bond donors (Lipinski definition) is 4. The zero-order valence-electron chi connectivity index (χ0n) is 44.0. The Kier molecular flexibility index (Phi) is 13.8. The summed E-state index contributed by atoms with van der Waals surface area (Å²) in [4.78, 5) is 39.9. The molecule has 15 heteroatoms. The van der Waals surface area contributed by atoms with Crippen molar-refractivity contribution in [1.29, 1.82) is 0 Å². The highest BCUT2D eigenvalue weighted by Gasteiger charge is 2.82. The van der Waals surface area contributed by atoms with Crippen LogP contribution in [0.25, 0.3) is 0 Å². The SMILES string of the molecule is C=C1C=C[C@@]2(C)C(=C1)[C@@H](F)C[C@H]1[C@@H]3C[C@H]4O[C@@H](CCC)O[C@@]4(C(=O)CNC(C)C)[C@@]3(C)C[C@H](O)[C@@]12F.CCC[C@H]1O[C@@H]2C[C@H]3[C@@H]4C[C@H](F)C5=CC(=O)C=C[C@]5(C)[C@@]4(F)[C@@H](O)C[C@]3(C)[C@]2(C(=O)CNC(C)C)O1. The lowest BCUT2D eigenvalue weighted by atomic mass is 9.44. The maximum atomic E-state index is 17.5. The molecule has 0 aromatic carbocycles. The molecule has 0 unspecified atom stereocenters. The molecule has 0 amide bonds. The maximum Gasteiger partial charge on any atom is 0.181 e. The molecule has 20 atom stereocenters. The quantitative estimate of drug-likeness (QED) is 0.139. The smallest absolute Gasteiger partial charge is 0.181 e. The van der Waals surface area contributed by atoms with Gasteiger partial charge < -0.3 is 39.8 Å². The number of fused-ring (bicyclic) bond motifs is 14. The van der Waals surface area contributed by atoms with Crippen LogP contribution in [0.15, 0.2) is 59.8 Å². The first-order valence-electron chi connectivity index (χ1n) is 27.0. The van der Waals surface area contributed by atoms with E-state index in [1.807, 2.05) is 55.4 Å². The average molecular weight is 1010 g/mol. The molecule has 0 aromatic heterocycles. The predicted molar refractivity (Wildman–Crippen MR) is 263 cm³/mol. The Labute approximate surface area is 423 Å². The van der Waals surface area contributed by atoms with Crippen LogP contribution in [-0.4, -0.2) is 125 Å². The Morgan fingerprint density at radius 2 is 1.08 bits per heavy atom. The fraction of sp³-hybridized carbons (Fsp3) is 0.772. The molecule has 400 valence electrons. The summed E-state index contributed by atoms with van der Waals surface area (Å²) in [6.45, 7) is 23.1. The molecule has 0 aromatic rings. The normalized spacial score (nSPS) is 49.4. The van der Waals surface area contributed by atoms with Gasteiger partial charge in [-0.2, -0.15) is 0 Å².